The molecule has 0 aromatic carbocycles. The highest BCUT2D eigenvalue weighted by atomic mass is 32.2. The third-order valence-electron chi connectivity index (χ3n) is 3.24. The van der Waals surface area contributed by atoms with E-state index in [1.54, 1.807) is 0 Å². The number of hydrogen-bond acceptors (Lipinski definition) is 4. The molecule has 0 atom stereocenters. The largest absolute Gasteiger partial charge is 0.298 e. The third-order valence-corrected chi connectivity index (χ3v) is 4.19. The Morgan fingerprint density at radius 1 is 1.19 bits per heavy atom. The van der Waals surface area contributed by atoms with Gasteiger partial charge in [-0.05, 0) is 26.9 Å². The van der Waals surface area contributed by atoms with Gasteiger partial charge in [-0.15, -0.1) is 0 Å². The smallest absolute Gasteiger partial charge is 0.154 e. The first-order valence-electron chi connectivity index (χ1n) is 5.58. The number of ketones is 1. The number of carbonyl (C=O) groups is 1. The molecule has 0 spiro atoms. The van der Waals surface area contributed by atoms with Crippen LogP contribution in [0.1, 0.15) is 33.1 Å². The van der Waals surface area contributed by atoms with Crippen LogP contribution in [-0.2, 0) is 14.6 Å². The molecule has 0 N–H and O–H groups in total. The maximum atomic E-state index is 12.1. The third kappa shape index (κ3) is 3.87. The van der Waals surface area contributed by atoms with Crippen molar-refractivity contribution >= 4 is 15.6 Å². The Labute approximate surface area is 98.9 Å². The van der Waals surface area contributed by atoms with Crippen LogP contribution in [0.2, 0.25) is 0 Å². The van der Waals surface area contributed by atoms with Gasteiger partial charge in [-0.1, -0.05) is 13.8 Å². The molecule has 0 aromatic rings. The van der Waals surface area contributed by atoms with Crippen molar-refractivity contribution in [1.82, 2.24) is 4.90 Å². The SMILES string of the molecule is CCC(CC)(C(=O)CCS(C)(=O)=O)N(C)C. The van der Waals surface area contributed by atoms with Crippen molar-refractivity contribution in [3.05, 3.63) is 0 Å². The zero-order valence-corrected chi connectivity index (χ0v) is 11.7. The van der Waals surface area contributed by atoms with Gasteiger partial charge in [0.2, 0.25) is 0 Å². The van der Waals surface area contributed by atoms with Crippen LogP contribution in [0.25, 0.3) is 0 Å². The molecule has 0 saturated heterocycles. The van der Waals surface area contributed by atoms with E-state index in [0.29, 0.717) is 12.8 Å². The van der Waals surface area contributed by atoms with Crippen molar-refractivity contribution in [3.8, 4) is 0 Å². The van der Waals surface area contributed by atoms with Crippen molar-refractivity contribution in [1.29, 1.82) is 0 Å². The molecule has 0 aliphatic heterocycles. The summed E-state index contributed by atoms with van der Waals surface area (Å²) in [5, 5.41) is 0. The van der Waals surface area contributed by atoms with Gasteiger partial charge < -0.3 is 0 Å². The second kappa shape index (κ2) is 5.77. The molecule has 0 heterocycles. The van der Waals surface area contributed by atoms with Gasteiger partial charge in [-0.2, -0.15) is 0 Å². The Kier molecular flexibility index (Phi) is 5.62. The summed E-state index contributed by atoms with van der Waals surface area (Å²) in [6, 6.07) is 0. The van der Waals surface area contributed by atoms with Gasteiger partial charge in [0, 0.05) is 12.7 Å². The van der Waals surface area contributed by atoms with E-state index in [-0.39, 0.29) is 18.0 Å². The summed E-state index contributed by atoms with van der Waals surface area (Å²) < 4.78 is 22.1. The van der Waals surface area contributed by atoms with Gasteiger partial charge in [0.25, 0.3) is 0 Å². The van der Waals surface area contributed by atoms with Crippen LogP contribution < -0.4 is 0 Å². The summed E-state index contributed by atoms with van der Waals surface area (Å²) >= 11 is 0. The fourth-order valence-electron chi connectivity index (χ4n) is 2.04. The summed E-state index contributed by atoms with van der Waals surface area (Å²) in [7, 11) is 0.672. The summed E-state index contributed by atoms with van der Waals surface area (Å²) in [5.74, 6) is -0.0329. The highest BCUT2D eigenvalue weighted by Crippen LogP contribution is 2.24. The summed E-state index contributed by atoms with van der Waals surface area (Å²) in [5.41, 5.74) is -0.509. The number of nitrogens with zero attached hydrogens (tertiary/aromatic N) is 1. The number of sulfone groups is 1. The normalized spacial score (nSPS) is 13.1. The fourth-order valence-corrected chi connectivity index (χ4v) is 2.59. The van der Waals surface area contributed by atoms with Crippen molar-refractivity contribution < 1.29 is 13.2 Å². The van der Waals surface area contributed by atoms with Crippen molar-refractivity contribution in [2.24, 2.45) is 0 Å². The Bertz CT molecular complexity index is 329. The summed E-state index contributed by atoms with van der Waals surface area (Å²) in [6.45, 7) is 3.92. The molecule has 0 aliphatic rings. The van der Waals surface area contributed by atoms with Crippen LogP contribution in [0.5, 0.6) is 0 Å². The Morgan fingerprint density at radius 3 is 1.88 bits per heavy atom. The molecular formula is C11H23NO3S. The van der Waals surface area contributed by atoms with Crippen LogP contribution in [-0.4, -0.2) is 50.7 Å². The first kappa shape index (κ1) is 15.6. The van der Waals surface area contributed by atoms with Gasteiger partial charge in [0.1, 0.15) is 9.84 Å². The van der Waals surface area contributed by atoms with E-state index in [2.05, 4.69) is 0 Å². The van der Waals surface area contributed by atoms with E-state index in [4.69, 9.17) is 0 Å². The average molecular weight is 249 g/mol. The van der Waals surface area contributed by atoms with Gasteiger partial charge in [0.05, 0.1) is 11.3 Å². The van der Waals surface area contributed by atoms with Crippen LogP contribution in [0.4, 0.5) is 0 Å². The maximum Gasteiger partial charge on any atom is 0.154 e. The molecule has 0 saturated carbocycles. The Balaban J connectivity index is 4.77. The molecule has 0 aromatic heterocycles. The summed E-state index contributed by atoms with van der Waals surface area (Å²) in [6.07, 6.45) is 2.69. The van der Waals surface area contributed by atoms with Crippen LogP contribution in [0.15, 0.2) is 0 Å². The lowest BCUT2D eigenvalue weighted by molar-refractivity contribution is -0.129. The number of Topliss-reactive ketones (excluding diaryl/α,β-unsaturated/α-hetero) is 1. The predicted molar refractivity (Wildman–Crippen MR) is 66.3 cm³/mol. The fraction of sp³-hybridized carbons (Fsp3) is 0.909. The van der Waals surface area contributed by atoms with E-state index in [1.807, 2.05) is 32.8 Å². The van der Waals surface area contributed by atoms with Gasteiger partial charge in [-0.25, -0.2) is 8.42 Å². The molecule has 16 heavy (non-hydrogen) atoms. The van der Waals surface area contributed by atoms with E-state index >= 15 is 0 Å². The second-order valence-corrected chi connectivity index (χ2v) is 6.70. The maximum absolute atomic E-state index is 12.1. The van der Waals surface area contributed by atoms with E-state index < -0.39 is 15.4 Å². The van der Waals surface area contributed by atoms with E-state index in [1.165, 1.54) is 0 Å². The van der Waals surface area contributed by atoms with Gasteiger partial charge >= 0.3 is 0 Å². The number of likely N-dealkylation sites (N-methyl/N-ethyl adjacent to an activating group) is 1. The first-order valence-corrected chi connectivity index (χ1v) is 7.64. The minimum atomic E-state index is -3.06. The second-order valence-electron chi connectivity index (χ2n) is 4.44. The van der Waals surface area contributed by atoms with Crippen molar-refractivity contribution in [2.75, 3.05) is 26.1 Å². The molecule has 4 nitrogen and oxygen atoms in total. The van der Waals surface area contributed by atoms with Crippen LogP contribution in [0.3, 0.4) is 0 Å². The molecule has 96 valence electrons. The molecule has 0 amide bonds. The molecule has 0 radical (unpaired) electrons. The van der Waals surface area contributed by atoms with Crippen molar-refractivity contribution in [3.63, 3.8) is 0 Å². The minimum absolute atomic E-state index is 0.0212. The first-order chi connectivity index (χ1) is 7.19. The summed E-state index contributed by atoms with van der Waals surface area (Å²) in [4.78, 5) is 14.0. The quantitative estimate of drug-likeness (QED) is 0.678. The lowest BCUT2D eigenvalue weighted by Gasteiger charge is -2.37. The number of rotatable bonds is 7. The monoisotopic (exact) mass is 249 g/mol. The Morgan fingerprint density at radius 2 is 1.62 bits per heavy atom. The lowest BCUT2D eigenvalue weighted by atomic mass is 9.85. The highest BCUT2D eigenvalue weighted by Gasteiger charge is 2.36. The highest BCUT2D eigenvalue weighted by molar-refractivity contribution is 7.90. The molecule has 0 unspecified atom stereocenters. The standard InChI is InChI=1S/C11H23NO3S/c1-6-11(7-2,12(3)4)10(13)8-9-16(5,14)15/h6-9H2,1-5H3. The zero-order valence-electron chi connectivity index (χ0n) is 10.9. The van der Waals surface area contributed by atoms with E-state index in [0.717, 1.165) is 6.26 Å². The molecule has 5 heteroatoms. The zero-order chi connectivity index (χ0) is 13.0. The van der Waals surface area contributed by atoms with Gasteiger partial charge in [-0.3, -0.25) is 9.69 Å². The molecule has 0 aliphatic carbocycles. The van der Waals surface area contributed by atoms with Gasteiger partial charge in [0.15, 0.2) is 5.78 Å². The molecule has 0 bridgehead atoms. The number of carbonyl (C=O) groups excluding carboxylic acids is 1. The van der Waals surface area contributed by atoms with Crippen molar-refractivity contribution in [2.45, 2.75) is 38.6 Å². The number of hydrogen-bond donors (Lipinski definition) is 0. The predicted octanol–water partition coefficient (Wildman–Crippen LogP) is 1.11. The molecular weight excluding hydrogens is 226 g/mol. The molecule has 0 rings (SSSR count). The van der Waals surface area contributed by atoms with Crippen LogP contribution >= 0.6 is 0 Å². The minimum Gasteiger partial charge on any atom is -0.298 e. The average Bonchev–Trinajstić information content (AvgIpc) is 2.16. The topological polar surface area (TPSA) is 54.5 Å². The van der Waals surface area contributed by atoms with Crippen LogP contribution in [0, 0.1) is 0 Å². The lowest BCUT2D eigenvalue weighted by Crippen LogP contribution is -2.50. The van der Waals surface area contributed by atoms with E-state index in [9.17, 15) is 13.2 Å². The Hall–Kier alpha value is -0.420. The molecule has 0 fully saturated rings.